The molecular weight excluding hydrogens is 340 g/mol. The molecular formula is C14H15BrN2O2S. The highest BCUT2D eigenvalue weighted by atomic mass is 79.9. The van der Waals surface area contributed by atoms with Gasteiger partial charge in [0.15, 0.2) is 0 Å². The highest BCUT2D eigenvalue weighted by molar-refractivity contribution is 9.10. The number of aromatic nitrogens is 1. The van der Waals surface area contributed by atoms with Crippen molar-refractivity contribution in [1.82, 2.24) is 4.98 Å². The molecule has 1 aromatic heterocycles. The van der Waals surface area contributed by atoms with Crippen molar-refractivity contribution in [2.75, 3.05) is 10.5 Å². The van der Waals surface area contributed by atoms with E-state index in [1.165, 1.54) is 0 Å². The highest BCUT2D eigenvalue weighted by Gasteiger charge is 2.11. The van der Waals surface area contributed by atoms with Gasteiger partial charge in [0.1, 0.15) is 0 Å². The van der Waals surface area contributed by atoms with E-state index in [2.05, 4.69) is 25.6 Å². The summed E-state index contributed by atoms with van der Waals surface area (Å²) in [6, 6.07) is 10.9. The highest BCUT2D eigenvalue weighted by Crippen LogP contribution is 2.20. The van der Waals surface area contributed by atoms with Crippen LogP contribution in [0, 0.1) is 6.92 Å². The Morgan fingerprint density at radius 1 is 1.25 bits per heavy atom. The lowest BCUT2D eigenvalue weighted by Gasteiger charge is -2.09. The predicted octanol–water partition coefficient (Wildman–Crippen LogP) is 3.14. The molecule has 6 heteroatoms. The van der Waals surface area contributed by atoms with Crippen molar-refractivity contribution in [3.63, 3.8) is 0 Å². The fraction of sp³-hybridized carbons (Fsp3) is 0.214. The zero-order chi connectivity index (χ0) is 14.6. The minimum absolute atomic E-state index is 0.00950. The van der Waals surface area contributed by atoms with Crippen LogP contribution in [0.2, 0.25) is 0 Å². The van der Waals surface area contributed by atoms with Gasteiger partial charge in [-0.05, 0) is 42.8 Å². The van der Waals surface area contributed by atoms with Crippen LogP contribution >= 0.6 is 15.9 Å². The molecule has 20 heavy (non-hydrogen) atoms. The summed E-state index contributed by atoms with van der Waals surface area (Å²) in [5, 5.41) is 0. The number of rotatable bonds is 5. The van der Waals surface area contributed by atoms with E-state index in [0.29, 0.717) is 12.1 Å². The van der Waals surface area contributed by atoms with E-state index >= 15 is 0 Å². The average Bonchev–Trinajstić information content (AvgIpc) is 2.36. The first kappa shape index (κ1) is 15.0. The number of aryl methyl sites for hydroxylation is 2. The molecule has 4 nitrogen and oxygen atoms in total. The summed E-state index contributed by atoms with van der Waals surface area (Å²) >= 11 is 3.35. The monoisotopic (exact) mass is 354 g/mol. The van der Waals surface area contributed by atoms with Crippen molar-refractivity contribution < 1.29 is 8.42 Å². The van der Waals surface area contributed by atoms with Crippen LogP contribution in [0.3, 0.4) is 0 Å². The van der Waals surface area contributed by atoms with Crippen molar-refractivity contribution in [1.29, 1.82) is 0 Å². The summed E-state index contributed by atoms with van der Waals surface area (Å²) < 4.78 is 27.5. The second-order valence-electron chi connectivity index (χ2n) is 4.51. The van der Waals surface area contributed by atoms with Crippen LogP contribution < -0.4 is 4.72 Å². The Morgan fingerprint density at radius 2 is 2.05 bits per heavy atom. The van der Waals surface area contributed by atoms with Gasteiger partial charge in [0.2, 0.25) is 10.0 Å². The molecule has 0 radical (unpaired) electrons. The maximum atomic E-state index is 12.0. The second-order valence-corrected chi connectivity index (χ2v) is 7.27. The molecule has 0 aliphatic rings. The molecule has 0 fully saturated rings. The minimum atomic E-state index is -3.38. The standard InChI is InChI=1S/C14H15BrN2O2S/c1-11-8-12(15)10-14(9-11)17-20(18,19)7-5-13-4-2-3-6-16-13/h2-4,6,8-10,17H,5,7H2,1H3. The summed E-state index contributed by atoms with van der Waals surface area (Å²) in [4.78, 5) is 4.12. The number of hydrogen-bond donors (Lipinski definition) is 1. The van der Waals surface area contributed by atoms with Gasteiger partial charge < -0.3 is 0 Å². The van der Waals surface area contributed by atoms with Crippen molar-refractivity contribution in [3.8, 4) is 0 Å². The Hall–Kier alpha value is -1.40. The van der Waals surface area contributed by atoms with Gasteiger partial charge in [-0.25, -0.2) is 8.42 Å². The largest absolute Gasteiger partial charge is 0.283 e. The summed E-state index contributed by atoms with van der Waals surface area (Å²) in [6.07, 6.45) is 2.05. The molecule has 0 bridgehead atoms. The molecule has 1 aromatic carbocycles. The maximum Gasteiger partial charge on any atom is 0.233 e. The zero-order valence-corrected chi connectivity index (χ0v) is 13.4. The zero-order valence-electron chi connectivity index (χ0n) is 11.0. The Balaban J connectivity index is 2.04. The molecule has 106 valence electrons. The molecule has 0 atom stereocenters. The number of sulfonamides is 1. The quantitative estimate of drug-likeness (QED) is 0.897. The van der Waals surface area contributed by atoms with E-state index in [0.717, 1.165) is 15.7 Å². The van der Waals surface area contributed by atoms with Crippen molar-refractivity contribution in [2.24, 2.45) is 0 Å². The molecule has 0 spiro atoms. The van der Waals surface area contributed by atoms with Crippen LogP contribution in [0.25, 0.3) is 0 Å². The summed E-state index contributed by atoms with van der Waals surface area (Å²) in [6.45, 7) is 1.91. The predicted molar refractivity (Wildman–Crippen MR) is 84.2 cm³/mol. The molecule has 2 rings (SSSR count). The number of nitrogens with one attached hydrogen (secondary N) is 1. The number of anilines is 1. The van der Waals surface area contributed by atoms with Crippen LogP contribution in [-0.4, -0.2) is 19.2 Å². The molecule has 0 unspecified atom stereocenters. The van der Waals surface area contributed by atoms with Crippen molar-refractivity contribution >= 4 is 31.6 Å². The first-order chi connectivity index (χ1) is 9.44. The average molecular weight is 355 g/mol. The second kappa shape index (κ2) is 6.37. The van der Waals surface area contributed by atoms with Gasteiger partial charge in [0.05, 0.1) is 5.75 Å². The first-order valence-electron chi connectivity index (χ1n) is 6.12. The maximum absolute atomic E-state index is 12.0. The van der Waals surface area contributed by atoms with Gasteiger partial charge in [0.25, 0.3) is 0 Å². The molecule has 0 amide bonds. The van der Waals surface area contributed by atoms with Gasteiger partial charge >= 0.3 is 0 Å². The molecule has 0 saturated carbocycles. The van der Waals surface area contributed by atoms with E-state index in [1.807, 2.05) is 25.1 Å². The summed E-state index contributed by atoms with van der Waals surface area (Å²) in [7, 11) is -3.38. The van der Waals surface area contributed by atoms with Gasteiger partial charge in [-0.3, -0.25) is 9.71 Å². The van der Waals surface area contributed by atoms with E-state index < -0.39 is 10.0 Å². The van der Waals surface area contributed by atoms with Crippen molar-refractivity contribution in [3.05, 3.63) is 58.3 Å². The van der Waals surface area contributed by atoms with Crippen LogP contribution in [0.15, 0.2) is 47.1 Å². The SMILES string of the molecule is Cc1cc(Br)cc(NS(=O)(=O)CCc2ccccn2)c1. The minimum Gasteiger partial charge on any atom is -0.283 e. The number of nitrogens with zero attached hydrogens (tertiary/aromatic N) is 1. The lowest BCUT2D eigenvalue weighted by Crippen LogP contribution is -2.18. The summed E-state index contributed by atoms with van der Waals surface area (Å²) in [5.41, 5.74) is 2.32. The molecule has 1 heterocycles. The van der Waals surface area contributed by atoms with Crippen LogP contribution in [0.1, 0.15) is 11.3 Å². The molecule has 0 aliphatic heterocycles. The van der Waals surface area contributed by atoms with Crippen LogP contribution in [-0.2, 0) is 16.4 Å². The van der Waals surface area contributed by atoms with Gasteiger partial charge in [-0.1, -0.05) is 22.0 Å². The number of halogens is 1. The Kier molecular flexibility index (Phi) is 4.77. The van der Waals surface area contributed by atoms with E-state index in [4.69, 9.17) is 0 Å². The first-order valence-corrected chi connectivity index (χ1v) is 8.57. The topological polar surface area (TPSA) is 59.1 Å². The number of hydrogen-bond acceptors (Lipinski definition) is 3. The van der Waals surface area contributed by atoms with Crippen molar-refractivity contribution in [2.45, 2.75) is 13.3 Å². The number of benzene rings is 1. The molecule has 1 N–H and O–H groups in total. The fourth-order valence-corrected chi connectivity index (χ4v) is 3.48. The van der Waals surface area contributed by atoms with E-state index in [9.17, 15) is 8.42 Å². The Labute approximate surface area is 127 Å². The lowest BCUT2D eigenvalue weighted by molar-refractivity contribution is 0.600. The third-order valence-electron chi connectivity index (χ3n) is 2.67. The van der Waals surface area contributed by atoms with Gasteiger partial charge in [0, 0.05) is 28.5 Å². The van der Waals surface area contributed by atoms with Crippen LogP contribution in [0.4, 0.5) is 5.69 Å². The van der Waals surface area contributed by atoms with E-state index in [-0.39, 0.29) is 5.75 Å². The van der Waals surface area contributed by atoms with Gasteiger partial charge in [-0.15, -0.1) is 0 Å². The Bertz CT molecular complexity index is 667. The van der Waals surface area contributed by atoms with Gasteiger partial charge in [-0.2, -0.15) is 0 Å². The normalized spacial score (nSPS) is 11.3. The van der Waals surface area contributed by atoms with Crippen LogP contribution in [0.5, 0.6) is 0 Å². The molecule has 0 saturated heterocycles. The summed E-state index contributed by atoms with van der Waals surface area (Å²) in [5.74, 6) is 0.00950. The molecule has 0 aliphatic carbocycles. The van der Waals surface area contributed by atoms with E-state index in [1.54, 1.807) is 24.4 Å². The lowest BCUT2D eigenvalue weighted by atomic mass is 10.2. The third kappa shape index (κ3) is 4.61. The number of pyridine rings is 1. The Morgan fingerprint density at radius 3 is 2.70 bits per heavy atom. The molecule has 2 aromatic rings. The fourth-order valence-electron chi connectivity index (χ4n) is 1.81. The third-order valence-corrected chi connectivity index (χ3v) is 4.41. The smallest absolute Gasteiger partial charge is 0.233 e.